The highest BCUT2D eigenvalue weighted by Crippen LogP contribution is 2.40. The van der Waals surface area contributed by atoms with Crippen molar-refractivity contribution in [2.45, 2.75) is 38.9 Å². The lowest BCUT2D eigenvalue weighted by molar-refractivity contribution is -0.255. The number of rotatable bonds is 4. The smallest absolute Gasteiger partial charge is 0.229 e. The van der Waals surface area contributed by atoms with Crippen LogP contribution in [0.4, 0.5) is 5.00 Å². The monoisotopic (exact) mass is 344 g/mol. The van der Waals surface area contributed by atoms with Crippen molar-refractivity contribution in [2.75, 3.05) is 5.32 Å². The summed E-state index contributed by atoms with van der Waals surface area (Å²) in [7, 11) is 0. The molecular weight excluding hydrogens is 326 g/mol. The SMILES string of the molecule is CC1(C)Cc2c(sc(NC(=O)Cc3ccccc3)c2C(=O)[O-])CO1. The largest absolute Gasteiger partial charge is 0.545 e. The van der Waals surface area contributed by atoms with Gasteiger partial charge in [-0.05, 0) is 25.0 Å². The summed E-state index contributed by atoms with van der Waals surface area (Å²) in [5.41, 5.74) is 1.25. The van der Waals surface area contributed by atoms with E-state index < -0.39 is 11.6 Å². The number of ether oxygens (including phenoxy) is 1. The Morgan fingerprint density at radius 3 is 2.67 bits per heavy atom. The molecule has 0 bridgehead atoms. The zero-order valence-corrected chi connectivity index (χ0v) is 14.4. The number of aromatic carboxylic acids is 1. The van der Waals surface area contributed by atoms with Gasteiger partial charge in [-0.3, -0.25) is 4.79 Å². The van der Waals surface area contributed by atoms with Crippen molar-refractivity contribution < 1.29 is 19.4 Å². The maximum absolute atomic E-state index is 12.2. The van der Waals surface area contributed by atoms with E-state index in [1.807, 2.05) is 44.2 Å². The standard InChI is InChI=1S/C18H19NO4S/c1-18(2)9-12-13(10-23-18)24-16(15(12)17(21)22)19-14(20)8-11-6-4-3-5-7-11/h3-7H,8-10H2,1-2H3,(H,19,20)(H,21,22)/p-1. The molecule has 126 valence electrons. The fourth-order valence-corrected chi connectivity index (χ4v) is 3.94. The Bertz CT molecular complexity index is 780. The summed E-state index contributed by atoms with van der Waals surface area (Å²) in [4.78, 5) is 24.7. The summed E-state index contributed by atoms with van der Waals surface area (Å²) in [5, 5.41) is 14.7. The van der Waals surface area contributed by atoms with Gasteiger partial charge in [0.2, 0.25) is 5.91 Å². The van der Waals surface area contributed by atoms with Crippen molar-refractivity contribution >= 4 is 28.2 Å². The maximum Gasteiger partial charge on any atom is 0.229 e. The zero-order valence-electron chi connectivity index (χ0n) is 13.5. The van der Waals surface area contributed by atoms with Crippen molar-refractivity contribution in [3.63, 3.8) is 0 Å². The summed E-state index contributed by atoms with van der Waals surface area (Å²) in [6, 6.07) is 9.31. The highest BCUT2D eigenvalue weighted by molar-refractivity contribution is 7.17. The molecule has 6 heteroatoms. The first-order chi connectivity index (χ1) is 11.4. The molecule has 0 atom stereocenters. The van der Waals surface area contributed by atoms with Gasteiger partial charge in [0, 0.05) is 16.9 Å². The zero-order chi connectivity index (χ0) is 17.3. The first-order valence-electron chi connectivity index (χ1n) is 7.69. The first-order valence-corrected chi connectivity index (χ1v) is 8.51. The van der Waals surface area contributed by atoms with Crippen LogP contribution in [-0.2, 0) is 29.0 Å². The van der Waals surface area contributed by atoms with Gasteiger partial charge in [0.1, 0.15) is 5.00 Å². The molecule has 0 saturated carbocycles. The Hall–Kier alpha value is -2.18. The predicted molar refractivity (Wildman–Crippen MR) is 90.0 cm³/mol. The number of anilines is 1. The number of thiophene rings is 1. The molecule has 0 fully saturated rings. The number of hydrogen-bond donors (Lipinski definition) is 1. The molecule has 1 aliphatic rings. The maximum atomic E-state index is 12.2. The number of carbonyl (C=O) groups is 2. The van der Waals surface area contributed by atoms with Gasteiger partial charge < -0.3 is 20.0 Å². The van der Waals surface area contributed by atoms with E-state index in [0.29, 0.717) is 23.6 Å². The minimum atomic E-state index is -1.26. The number of nitrogens with one attached hydrogen (secondary N) is 1. The number of fused-ring (bicyclic) bond motifs is 1. The molecule has 2 aromatic rings. The summed E-state index contributed by atoms with van der Waals surface area (Å²) < 4.78 is 5.72. The molecule has 2 heterocycles. The van der Waals surface area contributed by atoms with Crippen LogP contribution >= 0.6 is 11.3 Å². The van der Waals surface area contributed by atoms with Crippen molar-refractivity contribution in [1.82, 2.24) is 0 Å². The number of carboxylic acid groups (broad SMARTS) is 1. The van der Waals surface area contributed by atoms with Crippen molar-refractivity contribution in [1.29, 1.82) is 0 Å². The van der Waals surface area contributed by atoms with E-state index in [9.17, 15) is 14.7 Å². The topological polar surface area (TPSA) is 78.5 Å². The van der Waals surface area contributed by atoms with Crippen LogP contribution in [0.25, 0.3) is 0 Å². The number of carboxylic acids is 1. The lowest BCUT2D eigenvalue weighted by Crippen LogP contribution is -2.33. The molecule has 1 aliphatic heterocycles. The summed E-state index contributed by atoms with van der Waals surface area (Å²) >= 11 is 1.25. The molecular formula is C18H18NO4S-. The molecule has 5 nitrogen and oxygen atoms in total. The van der Waals surface area contributed by atoms with Crippen LogP contribution in [-0.4, -0.2) is 17.5 Å². The van der Waals surface area contributed by atoms with Crippen LogP contribution in [0.1, 0.15) is 40.2 Å². The molecule has 0 unspecified atom stereocenters. The van der Waals surface area contributed by atoms with E-state index in [4.69, 9.17) is 4.74 Å². The van der Waals surface area contributed by atoms with Crippen LogP contribution in [0, 0.1) is 0 Å². The van der Waals surface area contributed by atoms with Crippen molar-refractivity contribution in [3.05, 3.63) is 51.9 Å². The van der Waals surface area contributed by atoms with E-state index in [1.165, 1.54) is 11.3 Å². The second kappa shape index (κ2) is 6.37. The van der Waals surface area contributed by atoms with Gasteiger partial charge in [-0.15, -0.1) is 11.3 Å². The normalized spacial score (nSPS) is 15.6. The fraction of sp³-hybridized carbons (Fsp3) is 0.333. The quantitative estimate of drug-likeness (QED) is 0.922. The summed E-state index contributed by atoms with van der Waals surface area (Å²) in [6.45, 7) is 4.18. The highest BCUT2D eigenvalue weighted by Gasteiger charge is 2.31. The Balaban J connectivity index is 1.85. The molecule has 0 radical (unpaired) electrons. The van der Waals surface area contributed by atoms with Gasteiger partial charge in [0.25, 0.3) is 0 Å². The number of hydrogen-bond acceptors (Lipinski definition) is 5. The second-order valence-electron chi connectivity index (χ2n) is 6.43. The molecule has 0 aliphatic carbocycles. The van der Waals surface area contributed by atoms with E-state index in [1.54, 1.807) is 0 Å². The van der Waals surface area contributed by atoms with Gasteiger partial charge in [-0.2, -0.15) is 0 Å². The molecule has 1 N–H and O–H groups in total. The van der Waals surface area contributed by atoms with Gasteiger partial charge >= 0.3 is 0 Å². The molecule has 1 aromatic carbocycles. The third-order valence-corrected chi connectivity index (χ3v) is 5.07. The number of amides is 1. The minimum Gasteiger partial charge on any atom is -0.545 e. The van der Waals surface area contributed by atoms with Crippen molar-refractivity contribution in [3.8, 4) is 0 Å². The van der Waals surface area contributed by atoms with Crippen LogP contribution < -0.4 is 10.4 Å². The third-order valence-electron chi connectivity index (χ3n) is 3.95. The minimum absolute atomic E-state index is 0.0905. The Labute approximate surface area is 144 Å². The van der Waals surface area contributed by atoms with Gasteiger partial charge in [0.15, 0.2) is 0 Å². The fourth-order valence-electron chi connectivity index (χ4n) is 2.81. The van der Waals surface area contributed by atoms with E-state index in [0.717, 1.165) is 10.4 Å². The third kappa shape index (κ3) is 3.49. The number of carbonyl (C=O) groups excluding carboxylic acids is 2. The average Bonchev–Trinajstić information content (AvgIpc) is 2.83. The molecule has 24 heavy (non-hydrogen) atoms. The Morgan fingerprint density at radius 1 is 1.29 bits per heavy atom. The molecule has 1 aromatic heterocycles. The Kier molecular flexibility index (Phi) is 4.43. The van der Waals surface area contributed by atoms with Crippen LogP contribution in [0.2, 0.25) is 0 Å². The highest BCUT2D eigenvalue weighted by atomic mass is 32.1. The van der Waals surface area contributed by atoms with Crippen LogP contribution in [0.3, 0.4) is 0 Å². The predicted octanol–water partition coefficient (Wildman–Crippen LogP) is 2.14. The summed E-state index contributed by atoms with van der Waals surface area (Å²) in [6.07, 6.45) is 0.675. The summed E-state index contributed by atoms with van der Waals surface area (Å²) in [5.74, 6) is -1.51. The molecule has 0 spiro atoms. The lowest BCUT2D eigenvalue weighted by atomic mass is 9.93. The van der Waals surface area contributed by atoms with Crippen LogP contribution in [0.15, 0.2) is 30.3 Å². The van der Waals surface area contributed by atoms with Crippen LogP contribution in [0.5, 0.6) is 0 Å². The first kappa shape index (κ1) is 16.7. The van der Waals surface area contributed by atoms with Crippen molar-refractivity contribution in [2.24, 2.45) is 0 Å². The molecule has 0 saturated heterocycles. The van der Waals surface area contributed by atoms with Gasteiger partial charge in [-0.25, -0.2) is 0 Å². The van der Waals surface area contributed by atoms with Gasteiger partial charge in [-0.1, -0.05) is 30.3 Å². The van der Waals surface area contributed by atoms with E-state index >= 15 is 0 Å². The molecule has 3 rings (SSSR count). The van der Waals surface area contributed by atoms with Gasteiger partial charge in [0.05, 0.1) is 24.6 Å². The second-order valence-corrected chi connectivity index (χ2v) is 7.54. The lowest BCUT2D eigenvalue weighted by Gasteiger charge is -2.30. The average molecular weight is 344 g/mol. The van der Waals surface area contributed by atoms with E-state index in [2.05, 4.69) is 5.32 Å². The number of benzene rings is 1. The Morgan fingerprint density at radius 2 is 2.00 bits per heavy atom. The molecule has 1 amide bonds. The van der Waals surface area contributed by atoms with E-state index in [-0.39, 0.29) is 17.9 Å².